The summed E-state index contributed by atoms with van der Waals surface area (Å²) in [7, 11) is 1.27. The van der Waals surface area contributed by atoms with Gasteiger partial charge in [-0.25, -0.2) is 9.59 Å². The number of ether oxygens (including phenoxy) is 3. The number of aliphatic carboxylic acids is 1. The number of carboxylic acids is 1. The van der Waals surface area contributed by atoms with Gasteiger partial charge in [-0.05, 0) is 73.4 Å². The maximum atomic E-state index is 13.4. The van der Waals surface area contributed by atoms with Crippen LogP contribution in [0.15, 0.2) is 78.9 Å². The lowest BCUT2D eigenvalue weighted by atomic mass is 9.76. The topological polar surface area (TPSA) is 202 Å². The average molecular weight is 663 g/mol. The Balaban J connectivity index is 1.53. The Morgan fingerprint density at radius 1 is 0.729 bits per heavy atom. The van der Waals surface area contributed by atoms with Crippen LogP contribution >= 0.6 is 0 Å². The summed E-state index contributed by atoms with van der Waals surface area (Å²) in [4.78, 5) is 70.5. The number of non-ortho nitro benzene ring substituents is 2. The molecule has 0 atom stereocenters. The van der Waals surface area contributed by atoms with Gasteiger partial charge in [0.1, 0.15) is 0 Å². The van der Waals surface area contributed by atoms with Crippen molar-refractivity contribution in [2.45, 2.75) is 38.5 Å². The van der Waals surface area contributed by atoms with Crippen molar-refractivity contribution in [3.63, 3.8) is 0 Å². The molecule has 0 heterocycles. The van der Waals surface area contributed by atoms with Crippen molar-refractivity contribution in [3.8, 4) is 0 Å². The number of rotatable bonds is 18. The third-order valence-corrected chi connectivity index (χ3v) is 7.37. The number of methoxy groups -OCH3 is 1. The van der Waals surface area contributed by atoms with Crippen LogP contribution in [0.4, 0.5) is 11.4 Å². The molecule has 0 aliphatic heterocycles. The monoisotopic (exact) mass is 662 g/mol. The number of hydrogen-bond acceptors (Lipinski definition) is 11. The van der Waals surface area contributed by atoms with E-state index in [2.05, 4.69) is 4.74 Å². The van der Waals surface area contributed by atoms with Crippen molar-refractivity contribution in [2.75, 3.05) is 20.3 Å². The molecule has 3 aromatic carbocycles. The number of unbranched alkanes of at least 4 members (excludes halogenated alkanes) is 3. The molecule has 0 fully saturated rings. The van der Waals surface area contributed by atoms with Crippen molar-refractivity contribution in [1.29, 1.82) is 0 Å². The number of carboxylic acid groups (broad SMARTS) is 1. The fourth-order valence-electron chi connectivity index (χ4n) is 4.68. The van der Waals surface area contributed by atoms with Crippen LogP contribution in [0.3, 0.4) is 0 Å². The zero-order valence-corrected chi connectivity index (χ0v) is 26.1. The third kappa shape index (κ3) is 10.6. The van der Waals surface area contributed by atoms with E-state index in [1.807, 2.05) is 0 Å². The molecule has 0 saturated carbocycles. The molecule has 1 N–H and O–H groups in total. The van der Waals surface area contributed by atoms with Gasteiger partial charge in [0.25, 0.3) is 11.4 Å². The van der Waals surface area contributed by atoms with Crippen LogP contribution in [-0.2, 0) is 41.4 Å². The molecule has 48 heavy (non-hydrogen) atoms. The summed E-state index contributed by atoms with van der Waals surface area (Å²) >= 11 is 0. The van der Waals surface area contributed by atoms with E-state index in [0.717, 1.165) is 0 Å². The van der Waals surface area contributed by atoms with E-state index >= 15 is 0 Å². The Hall–Kier alpha value is -5.92. The van der Waals surface area contributed by atoms with Gasteiger partial charge in [-0.1, -0.05) is 36.4 Å². The van der Waals surface area contributed by atoms with Crippen molar-refractivity contribution < 1.29 is 48.3 Å². The second-order valence-corrected chi connectivity index (χ2v) is 10.8. The van der Waals surface area contributed by atoms with E-state index in [-0.39, 0.29) is 37.4 Å². The second kappa shape index (κ2) is 17.7. The molecule has 3 aromatic rings. The average Bonchev–Trinajstić information content (AvgIpc) is 3.08. The molecule has 0 unspecified atom stereocenters. The number of nitro benzene ring substituents is 2. The Labute approximate surface area is 275 Å². The molecule has 0 aromatic heterocycles. The summed E-state index contributed by atoms with van der Waals surface area (Å²) in [5.74, 6) is -3.48. The summed E-state index contributed by atoms with van der Waals surface area (Å²) < 4.78 is 15.3. The molecule has 252 valence electrons. The lowest BCUT2D eigenvalue weighted by Crippen LogP contribution is -2.44. The van der Waals surface area contributed by atoms with Crippen LogP contribution in [-0.4, -0.2) is 59.2 Å². The van der Waals surface area contributed by atoms with E-state index in [9.17, 15) is 44.5 Å². The molecular weight excluding hydrogens is 628 g/mol. The number of benzene rings is 3. The van der Waals surface area contributed by atoms with Gasteiger partial charge in [0.15, 0.2) is 5.41 Å². The molecule has 0 aliphatic rings. The number of nitro groups is 2. The lowest BCUT2D eigenvalue weighted by molar-refractivity contribution is -0.385. The first-order valence-electron chi connectivity index (χ1n) is 14.9. The zero-order valence-electron chi connectivity index (χ0n) is 26.1. The van der Waals surface area contributed by atoms with Gasteiger partial charge in [-0.3, -0.25) is 29.8 Å². The van der Waals surface area contributed by atoms with Gasteiger partial charge >= 0.3 is 23.9 Å². The van der Waals surface area contributed by atoms with Crippen molar-refractivity contribution in [1.82, 2.24) is 0 Å². The van der Waals surface area contributed by atoms with Crippen LogP contribution in [0.5, 0.6) is 0 Å². The van der Waals surface area contributed by atoms with Crippen LogP contribution in [0.1, 0.15) is 52.7 Å². The summed E-state index contributed by atoms with van der Waals surface area (Å²) in [6, 6.07) is 16.8. The summed E-state index contributed by atoms with van der Waals surface area (Å²) in [6.45, 7) is 0.0835. The van der Waals surface area contributed by atoms with E-state index in [1.54, 1.807) is 30.3 Å². The minimum absolute atomic E-state index is 0.0784. The second-order valence-electron chi connectivity index (χ2n) is 10.8. The lowest BCUT2D eigenvalue weighted by Gasteiger charge is -2.27. The highest BCUT2D eigenvalue weighted by Gasteiger charge is 2.48. The van der Waals surface area contributed by atoms with Crippen molar-refractivity contribution in [3.05, 3.63) is 121 Å². The van der Waals surface area contributed by atoms with E-state index < -0.39 is 39.1 Å². The fraction of sp³-hybridized carbons (Fsp3) is 0.294. The quantitative estimate of drug-likeness (QED) is 0.0341. The molecule has 14 nitrogen and oxygen atoms in total. The first kappa shape index (κ1) is 36.5. The zero-order chi connectivity index (χ0) is 35.1. The van der Waals surface area contributed by atoms with E-state index in [1.165, 1.54) is 61.7 Å². The number of carbonyl (C=O) groups excluding carboxylic acids is 3. The Morgan fingerprint density at radius 3 is 1.65 bits per heavy atom. The number of hydrogen-bond donors (Lipinski definition) is 1. The largest absolute Gasteiger partial charge is 0.480 e. The van der Waals surface area contributed by atoms with Crippen LogP contribution < -0.4 is 0 Å². The highest BCUT2D eigenvalue weighted by Crippen LogP contribution is 2.32. The highest BCUT2D eigenvalue weighted by atomic mass is 16.6. The van der Waals surface area contributed by atoms with Gasteiger partial charge in [0.05, 0.1) is 35.7 Å². The first-order chi connectivity index (χ1) is 22.9. The number of carbonyl (C=O) groups is 4. The van der Waals surface area contributed by atoms with Gasteiger partial charge in [-0.15, -0.1) is 0 Å². The molecule has 0 aliphatic carbocycles. The standard InChI is InChI=1S/C34H34N2O12/c1-46-30(37)19-12-24-6-13-27(14-7-24)31(38)47-20-4-2-3-5-21-48-33(41)34(32(39)40,22-25-8-15-28(16-9-25)35(42)43)23-26-10-17-29(18-11-26)36(44)45/h6-19H,2-5,20-23H2,1H3,(H,39,40). The Kier molecular flexibility index (Phi) is 13.5. The van der Waals surface area contributed by atoms with Crippen LogP contribution in [0, 0.1) is 25.6 Å². The minimum Gasteiger partial charge on any atom is -0.480 e. The molecule has 0 bridgehead atoms. The molecular formula is C34H34N2O12. The van der Waals surface area contributed by atoms with Gasteiger partial charge in [0, 0.05) is 30.3 Å². The number of nitrogens with zero attached hydrogens (tertiary/aromatic N) is 2. The maximum absolute atomic E-state index is 13.4. The Morgan fingerprint density at radius 2 is 1.21 bits per heavy atom. The van der Waals surface area contributed by atoms with Crippen molar-refractivity contribution in [2.24, 2.45) is 5.41 Å². The predicted octanol–water partition coefficient (Wildman–Crippen LogP) is 5.51. The molecule has 14 heteroatoms. The van der Waals surface area contributed by atoms with Crippen LogP contribution in [0.25, 0.3) is 6.08 Å². The van der Waals surface area contributed by atoms with Crippen molar-refractivity contribution >= 4 is 41.3 Å². The maximum Gasteiger partial charge on any atom is 0.338 e. The summed E-state index contributed by atoms with van der Waals surface area (Å²) in [5.41, 5.74) is -0.764. The predicted molar refractivity (Wildman–Crippen MR) is 171 cm³/mol. The van der Waals surface area contributed by atoms with Gasteiger partial charge < -0.3 is 19.3 Å². The summed E-state index contributed by atoms with van der Waals surface area (Å²) in [6.07, 6.45) is 4.32. The number of esters is 3. The fourth-order valence-corrected chi connectivity index (χ4v) is 4.68. The molecule has 0 saturated heterocycles. The molecule has 0 amide bonds. The SMILES string of the molecule is COC(=O)C=Cc1ccc(C(=O)OCCCCCCOC(=O)C(Cc2ccc([N+](=O)[O-])cc2)(Cc2ccc([N+](=O)[O-])cc2)C(=O)O)cc1. The molecule has 0 radical (unpaired) electrons. The van der Waals surface area contributed by atoms with E-state index in [0.29, 0.717) is 47.9 Å². The smallest absolute Gasteiger partial charge is 0.338 e. The summed E-state index contributed by atoms with van der Waals surface area (Å²) in [5, 5.41) is 32.4. The molecule has 0 spiro atoms. The first-order valence-corrected chi connectivity index (χ1v) is 14.9. The Bertz CT molecular complexity index is 1570. The van der Waals surface area contributed by atoms with Gasteiger partial charge in [0.2, 0.25) is 0 Å². The highest BCUT2D eigenvalue weighted by molar-refractivity contribution is 6.00. The van der Waals surface area contributed by atoms with Gasteiger partial charge in [-0.2, -0.15) is 0 Å². The normalized spacial score (nSPS) is 11.1. The minimum atomic E-state index is -2.11. The third-order valence-electron chi connectivity index (χ3n) is 7.37. The van der Waals surface area contributed by atoms with Crippen LogP contribution in [0.2, 0.25) is 0 Å². The molecule has 3 rings (SSSR count). The van der Waals surface area contributed by atoms with E-state index in [4.69, 9.17) is 9.47 Å².